The molecule has 0 unspecified atom stereocenters. The Bertz CT molecular complexity index is 3950. The minimum atomic E-state index is -2.67. The number of nitriles is 8. The largest absolute Gasteiger partial charge is 2.00 e. The Hall–Kier alpha value is -12.6. The van der Waals surface area contributed by atoms with Crippen LogP contribution in [0, 0.1) is 91.6 Å². The number of benzene rings is 8. The van der Waals surface area contributed by atoms with E-state index in [1.807, 2.05) is 365 Å². The third-order valence-electron chi connectivity index (χ3n) is 12.7. The van der Waals surface area contributed by atoms with Crippen LogP contribution in [0.1, 0.15) is 0 Å². The van der Waals surface area contributed by atoms with Crippen LogP contribution in [0.2, 0.25) is 0 Å². The zero-order valence-electron chi connectivity index (χ0n) is 54.0. The van der Waals surface area contributed by atoms with Crippen molar-refractivity contribution in [3.63, 3.8) is 0 Å². The Balaban J connectivity index is 0.000000316. The van der Waals surface area contributed by atoms with Crippen LogP contribution < -0.4 is 42.4 Å². The molecule has 0 saturated carbocycles. The van der Waals surface area contributed by atoms with E-state index in [9.17, 15) is 0 Å². The first-order valence-corrected chi connectivity index (χ1v) is 36.4. The van der Waals surface area contributed by atoms with Crippen molar-refractivity contribution in [1.82, 2.24) is 19.9 Å². The van der Waals surface area contributed by atoms with Crippen molar-refractivity contribution in [3.05, 3.63) is 385 Å². The van der Waals surface area contributed by atoms with Gasteiger partial charge in [0.15, 0.2) is 0 Å². The second kappa shape index (κ2) is 50.7. The van der Waals surface area contributed by atoms with E-state index in [1.165, 1.54) is 0 Å². The molecule has 26 heteroatoms. The predicted octanol–water partition coefficient (Wildman–Crippen LogP) is 16.7. The molecule has 12 rings (SSSR count). The maximum atomic E-state index is 8.99. The third kappa shape index (κ3) is 27.0. The maximum absolute atomic E-state index is 8.99. The number of hydrogen-bond donors (Lipinski definition) is 0. The Labute approximate surface area is 617 Å². The van der Waals surface area contributed by atoms with Crippen molar-refractivity contribution >= 4 is 71.3 Å². The molecule has 0 spiro atoms. The van der Waals surface area contributed by atoms with Gasteiger partial charge in [0.2, 0.25) is 24.8 Å². The zero-order chi connectivity index (χ0) is 71.2. The van der Waals surface area contributed by atoms with Crippen molar-refractivity contribution in [2.45, 2.75) is 0 Å². The second-order valence-corrected chi connectivity index (χ2v) is 29.3. The van der Waals surface area contributed by atoms with Crippen LogP contribution in [0.15, 0.2) is 384 Å². The minimum absolute atomic E-state index is 0. The summed E-state index contributed by atoms with van der Waals surface area (Å²) in [6.45, 7) is 0. The van der Waals surface area contributed by atoms with E-state index >= 15 is 0 Å². The van der Waals surface area contributed by atoms with Gasteiger partial charge in [-0.05, 0) is 91.0 Å². The normalized spacial score (nSPS) is 9.33. The zero-order valence-corrected chi connectivity index (χ0v) is 59.4. The fourth-order valence-corrected chi connectivity index (χ4v) is 17.4. The van der Waals surface area contributed by atoms with Gasteiger partial charge < -0.3 is 41.4 Å². The van der Waals surface area contributed by atoms with Crippen LogP contribution in [0.4, 0.5) is 0 Å². The number of hydrogen-bond acceptors (Lipinski definition) is 16. The maximum Gasteiger partial charge on any atom is 2.00 e. The standard InChI is InChI=1S/4C14H10N4P.4C5H5N.2Cu/c4*15-11-17-19(18-12-16,13-7-3-1-4-8-13)14-9-5-2-6-10-14;4*1-2-4-6-5-3-1;;/h4*1-10H;4*1-5H;;/q4*-1;;;;;2*+2. The summed E-state index contributed by atoms with van der Waals surface area (Å²) < 4.78 is 16.1. The Kier molecular flexibility index (Phi) is 41.6. The topological polar surface area (TPSA) is 348 Å². The average Bonchev–Trinajstić information content (AvgIpc) is 0.813. The summed E-state index contributed by atoms with van der Waals surface area (Å²) >= 11 is 0. The van der Waals surface area contributed by atoms with Gasteiger partial charge >= 0.3 is 34.1 Å². The summed E-state index contributed by atoms with van der Waals surface area (Å²) in [5.74, 6) is 0. The first kappa shape index (κ1) is 83.7. The Morgan fingerprint density at radius 3 is 0.392 bits per heavy atom. The van der Waals surface area contributed by atoms with Gasteiger partial charge in [-0.15, -0.1) is 0 Å². The van der Waals surface area contributed by atoms with Gasteiger partial charge in [0.1, 0.15) is 0 Å². The predicted molar refractivity (Wildman–Crippen MR) is 401 cm³/mol. The molecule has 0 bridgehead atoms. The van der Waals surface area contributed by atoms with Crippen molar-refractivity contribution < 1.29 is 34.1 Å². The van der Waals surface area contributed by atoms with Crippen molar-refractivity contribution in [3.8, 4) is 49.5 Å². The quantitative estimate of drug-likeness (QED) is 0.0626. The van der Waals surface area contributed by atoms with Crippen LogP contribution in [0.5, 0.6) is 0 Å². The summed E-state index contributed by atoms with van der Waals surface area (Å²) in [5.41, 5.74) is 0. The molecule has 4 aromatic heterocycles. The average molecular weight is 1500 g/mol. The van der Waals surface area contributed by atoms with Gasteiger partial charge in [-0.25, -0.2) is 0 Å². The minimum Gasteiger partial charge on any atom is -0.494 e. The summed E-state index contributed by atoms with van der Waals surface area (Å²) in [6, 6.07) is 97.1. The number of rotatable bonds is 12. The molecule has 2 radical (unpaired) electrons. The van der Waals surface area contributed by atoms with Crippen LogP contribution in [-0.4, -0.2) is 19.9 Å². The molecule has 20 nitrogen and oxygen atoms in total. The third-order valence-corrected chi connectivity index (χ3v) is 23.9. The summed E-state index contributed by atoms with van der Waals surface area (Å²) in [5, 5.41) is 94.4. The molecule has 4 heterocycles. The smallest absolute Gasteiger partial charge is 0.494 e. The van der Waals surface area contributed by atoms with Gasteiger partial charge in [0.05, 0.1) is 28.8 Å². The molecular weight excluding hydrogens is 1440 g/mol. The van der Waals surface area contributed by atoms with Gasteiger partial charge in [-0.2, -0.15) is 40.0 Å². The fourth-order valence-electron chi connectivity index (χ4n) is 8.46. The first-order chi connectivity index (χ1) is 49.3. The van der Waals surface area contributed by atoms with Gasteiger partial charge in [0, 0.05) is 49.6 Å². The summed E-state index contributed by atoms with van der Waals surface area (Å²) in [6.07, 6.45) is 28.6. The van der Waals surface area contributed by atoms with Crippen molar-refractivity contribution in [2.24, 2.45) is 19.0 Å². The Morgan fingerprint density at radius 1 is 0.196 bits per heavy atom. The van der Waals surface area contributed by atoms with Gasteiger partial charge in [-0.3, -0.25) is 19.9 Å². The molecule has 8 aromatic carbocycles. The van der Waals surface area contributed by atoms with Gasteiger partial charge in [-0.1, -0.05) is 292 Å². The van der Waals surface area contributed by atoms with Crippen molar-refractivity contribution in [1.29, 1.82) is 42.1 Å². The molecule has 0 aliphatic rings. The molecule has 0 fully saturated rings. The molecule has 0 amide bonds. The number of nitrogens with zero attached hydrogens (tertiary/aromatic N) is 20. The Morgan fingerprint density at radius 2 is 0.314 bits per heavy atom. The van der Waals surface area contributed by atoms with E-state index in [0.29, 0.717) is 0 Å². The van der Waals surface area contributed by atoms with E-state index in [2.05, 4.69) is 59.3 Å². The molecule has 0 saturated heterocycles. The molecule has 0 atom stereocenters. The second-order valence-electron chi connectivity index (χ2n) is 18.8. The molecule has 0 aliphatic carbocycles. The van der Waals surface area contributed by atoms with E-state index in [0.717, 1.165) is 42.4 Å². The molecule has 0 N–H and O–H groups in total. The molecular formula is C76H60Cu2N20P4. The van der Waals surface area contributed by atoms with Crippen LogP contribution in [0.3, 0.4) is 0 Å². The fraction of sp³-hybridized carbons (Fsp3) is 0. The summed E-state index contributed by atoms with van der Waals surface area (Å²) in [4.78, 5) is 15.1. The van der Waals surface area contributed by atoms with Crippen LogP contribution in [0.25, 0.3) is 20.3 Å². The monoisotopic (exact) mass is 1500 g/mol. The number of aromatic nitrogens is 4. The molecule has 506 valence electrons. The SMILES string of the molecule is N#CN=P([N-]C#N)(c1ccccc1)c1ccccc1.N#CN=P([N-]C#N)(c1ccccc1)c1ccccc1.N#CN=P([N-]C#N)(c1ccccc1)c1ccccc1.N#CN=P([N-]C#N)(c1ccccc1)c1ccccc1.[Cu+2].[Cu+2].c1ccncc1.c1ccncc1.c1ccncc1.c1ccncc1. The van der Waals surface area contributed by atoms with E-state index < -0.39 is 28.8 Å². The van der Waals surface area contributed by atoms with Crippen LogP contribution in [-0.2, 0) is 34.1 Å². The van der Waals surface area contributed by atoms with Gasteiger partial charge in [0.25, 0.3) is 0 Å². The number of pyridine rings is 4. The molecule has 0 aliphatic heterocycles. The van der Waals surface area contributed by atoms with E-state index in [-0.39, 0.29) is 34.1 Å². The molecule has 12 aromatic rings. The van der Waals surface area contributed by atoms with E-state index in [4.69, 9.17) is 42.1 Å². The summed E-state index contributed by atoms with van der Waals surface area (Å²) in [7, 11) is -10.7. The van der Waals surface area contributed by atoms with Crippen LogP contribution >= 0.6 is 28.8 Å². The van der Waals surface area contributed by atoms with E-state index in [1.54, 1.807) is 49.6 Å². The first-order valence-electron chi connectivity index (χ1n) is 29.7. The molecule has 102 heavy (non-hydrogen) atoms. The van der Waals surface area contributed by atoms with Crippen molar-refractivity contribution in [2.75, 3.05) is 0 Å².